The summed E-state index contributed by atoms with van der Waals surface area (Å²) in [6, 6.07) is 0.536. The molecule has 6 nitrogen and oxygen atoms in total. The Labute approximate surface area is 124 Å². The van der Waals surface area contributed by atoms with Gasteiger partial charge in [0.1, 0.15) is 0 Å². The molecule has 20 heavy (non-hydrogen) atoms. The molecule has 3 amide bonds. The number of nitrogens with one attached hydrogen (secondary N) is 4. The van der Waals surface area contributed by atoms with Crippen molar-refractivity contribution in [1.29, 1.82) is 0 Å². The maximum absolute atomic E-state index is 11.5. The number of carbonyl (C=O) groups is 2. The summed E-state index contributed by atoms with van der Waals surface area (Å²) in [4.78, 5) is 22.8. The lowest BCUT2D eigenvalue weighted by Crippen LogP contribution is -2.36. The van der Waals surface area contributed by atoms with E-state index >= 15 is 0 Å². The highest BCUT2D eigenvalue weighted by molar-refractivity contribution is 8.00. The van der Waals surface area contributed by atoms with Crippen LogP contribution in [0.1, 0.15) is 25.7 Å². The molecule has 7 heteroatoms. The van der Waals surface area contributed by atoms with Gasteiger partial charge < -0.3 is 21.3 Å². The third-order valence-electron chi connectivity index (χ3n) is 3.78. The number of hydrogen-bond acceptors (Lipinski definition) is 4. The molecule has 0 bridgehead atoms. The second kappa shape index (κ2) is 7.73. The van der Waals surface area contributed by atoms with Gasteiger partial charge in [-0.05, 0) is 19.9 Å². The van der Waals surface area contributed by atoms with E-state index < -0.39 is 0 Å². The third kappa shape index (κ3) is 4.28. The average molecular weight is 300 g/mol. The second-order valence-electron chi connectivity index (χ2n) is 5.32. The summed E-state index contributed by atoms with van der Waals surface area (Å²) >= 11 is 1.93. The zero-order chi connectivity index (χ0) is 14.4. The maximum Gasteiger partial charge on any atom is 0.315 e. The third-order valence-corrected chi connectivity index (χ3v) is 5.29. The number of hydrogen-bond donors (Lipinski definition) is 4. The number of carbonyl (C=O) groups excluding carboxylic acids is 2. The van der Waals surface area contributed by atoms with Crippen molar-refractivity contribution >= 4 is 23.7 Å². The highest BCUT2D eigenvalue weighted by Crippen LogP contribution is 2.33. The lowest BCUT2D eigenvalue weighted by molar-refractivity contribution is -0.121. The number of likely N-dealkylation sites (N-methyl/N-ethyl adjacent to an activating group) is 1. The molecule has 0 saturated carbocycles. The van der Waals surface area contributed by atoms with Crippen LogP contribution >= 0.6 is 11.8 Å². The van der Waals surface area contributed by atoms with Crippen LogP contribution in [0.15, 0.2) is 0 Å². The van der Waals surface area contributed by atoms with Crippen LogP contribution in [0, 0.1) is 0 Å². The first-order valence-corrected chi connectivity index (χ1v) is 8.35. The molecule has 0 aromatic carbocycles. The number of unbranched alkanes of at least 4 members (excludes halogenated alkanes) is 1. The molecule has 0 aromatic rings. The Bertz CT molecular complexity index is 353. The van der Waals surface area contributed by atoms with Crippen LogP contribution < -0.4 is 21.3 Å². The van der Waals surface area contributed by atoms with Crippen LogP contribution in [0.3, 0.4) is 0 Å². The zero-order valence-corrected chi connectivity index (χ0v) is 12.7. The smallest absolute Gasteiger partial charge is 0.315 e. The molecule has 0 spiro atoms. The minimum atomic E-state index is -0.0331. The van der Waals surface area contributed by atoms with Crippen LogP contribution in [-0.4, -0.2) is 55.2 Å². The normalized spacial score (nSPS) is 27.9. The van der Waals surface area contributed by atoms with E-state index in [2.05, 4.69) is 21.3 Å². The summed E-state index contributed by atoms with van der Waals surface area (Å²) < 4.78 is 0. The first kappa shape index (κ1) is 15.4. The molecule has 3 atom stereocenters. The van der Waals surface area contributed by atoms with Gasteiger partial charge in [0.25, 0.3) is 0 Å². The number of amides is 3. The first-order valence-electron chi connectivity index (χ1n) is 7.30. The Morgan fingerprint density at radius 1 is 1.35 bits per heavy atom. The minimum absolute atomic E-state index is 0.0331. The van der Waals surface area contributed by atoms with Crippen LogP contribution in [0.2, 0.25) is 0 Å². The highest BCUT2D eigenvalue weighted by Gasteiger charge is 2.42. The van der Waals surface area contributed by atoms with Gasteiger partial charge in [-0.15, -0.1) is 0 Å². The van der Waals surface area contributed by atoms with Crippen molar-refractivity contribution in [3.8, 4) is 0 Å². The first-order chi connectivity index (χ1) is 9.70. The van der Waals surface area contributed by atoms with E-state index in [1.807, 2.05) is 18.8 Å². The van der Waals surface area contributed by atoms with Crippen LogP contribution in [0.5, 0.6) is 0 Å². The van der Waals surface area contributed by atoms with Gasteiger partial charge in [-0.2, -0.15) is 11.8 Å². The predicted molar refractivity (Wildman–Crippen MR) is 80.9 cm³/mol. The van der Waals surface area contributed by atoms with Crippen LogP contribution in [-0.2, 0) is 4.79 Å². The summed E-state index contributed by atoms with van der Waals surface area (Å²) in [5.74, 6) is 1.13. The van der Waals surface area contributed by atoms with E-state index in [0.29, 0.717) is 24.3 Å². The second-order valence-corrected chi connectivity index (χ2v) is 6.59. The topological polar surface area (TPSA) is 82.3 Å². The SMILES string of the molecule is CNCCNC(=O)CCCCC1SCC2NC(=O)NC21. The molecular formula is C13H24N4O2S. The standard InChI is InChI=1S/C13H24N4O2S/c1-14-6-7-15-11(18)5-3-2-4-10-12-9(8-20-10)16-13(19)17-12/h9-10,12,14H,2-8H2,1H3,(H,15,18)(H2,16,17,19). The van der Waals surface area contributed by atoms with E-state index in [9.17, 15) is 9.59 Å². The Balaban J connectivity index is 1.55. The van der Waals surface area contributed by atoms with Gasteiger partial charge in [-0.3, -0.25) is 4.79 Å². The number of urea groups is 1. The average Bonchev–Trinajstić information content (AvgIpc) is 2.95. The summed E-state index contributed by atoms with van der Waals surface area (Å²) in [6.45, 7) is 1.50. The Kier molecular flexibility index (Phi) is 5.97. The molecule has 4 N–H and O–H groups in total. The van der Waals surface area contributed by atoms with E-state index in [1.165, 1.54) is 0 Å². The monoisotopic (exact) mass is 300 g/mol. The van der Waals surface area contributed by atoms with E-state index in [-0.39, 0.29) is 18.0 Å². The summed E-state index contributed by atoms with van der Waals surface area (Å²) in [7, 11) is 1.87. The lowest BCUT2D eigenvalue weighted by atomic mass is 10.0. The molecule has 2 rings (SSSR count). The van der Waals surface area contributed by atoms with Gasteiger partial charge in [0.05, 0.1) is 12.1 Å². The largest absolute Gasteiger partial charge is 0.355 e. The quantitative estimate of drug-likeness (QED) is 0.377. The molecule has 0 aliphatic carbocycles. The lowest BCUT2D eigenvalue weighted by Gasteiger charge is -2.16. The van der Waals surface area contributed by atoms with Crippen molar-refractivity contribution in [2.75, 3.05) is 25.9 Å². The van der Waals surface area contributed by atoms with Crippen molar-refractivity contribution in [1.82, 2.24) is 21.3 Å². The van der Waals surface area contributed by atoms with Gasteiger partial charge >= 0.3 is 6.03 Å². The van der Waals surface area contributed by atoms with Crippen molar-refractivity contribution < 1.29 is 9.59 Å². The Morgan fingerprint density at radius 3 is 3.00 bits per heavy atom. The van der Waals surface area contributed by atoms with E-state index in [4.69, 9.17) is 0 Å². The maximum atomic E-state index is 11.5. The fraction of sp³-hybridized carbons (Fsp3) is 0.846. The van der Waals surface area contributed by atoms with Gasteiger partial charge in [-0.1, -0.05) is 6.42 Å². The molecule has 2 fully saturated rings. The number of fused-ring (bicyclic) bond motifs is 1. The molecule has 0 aromatic heterocycles. The fourth-order valence-corrected chi connectivity index (χ4v) is 4.23. The predicted octanol–water partition coefficient (Wildman–Crippen LogP) is 0.0478. The van der Waals surface area contributed by atoms with Gasteiger partial charge in [-0.25, -0.2) is 4.79 Å². The fourth-order valence-electron chi connectivity index (χ4n) is 2.69. The van der Waals surface area contributed by atoms with Gasteiger partial charge in [0, 0.05) is 30.5 Å². The molecular weight excluding hydrogens is 276 g/mol. The van der Waals surface area contributed by atoms with Crippen molar-refractivity contribution in [2.45, 2.75) is 43.0 Å². The molecule has 2 aliphatic heterocycles. The number of thioether (sulfide) groups is 1. The van der Waals surface area contributed by atoms with Crippen molar-refractivity contribution in [3.63, 3.8) is 0 Å². The van der Waals surface area contributed by atoms with E-state index in [1.54, 1.807) is 0 Å². The highest BCUT2D eigenvalue weighted by atomic mass is 32.2. The molecule has 3 unspecified atom stereocenters. The van der Waals surface area contributed by atoms with Crippen molar-refractivity contribution in [2.24, 2.45) is 0 Å². The molecule has 114 valence electrons. The van der Waals surface area contributed by atoms with Crippen LogP contribution in [0.25, 0.3) is 0 Å². The molecule has 2 aliphatic rings. The molecule has 2 saturated heterocycles. The summed E-state index contributed by atoms with van der Waals surface area (Å²) in [5.41, 5.74) is 0. The molecule has 0 radical (unpaired) electrons. The summed E-state index contributed by atoms with van der Waals surface area (Å²) in [5, 5.41) is 12.3. The molecule has 2 heterocycles. The Hall–Kier alpha value is -0.950. The van der Waals surface area contributed by atoms with Crippen molar-refractivity contribution in [3.05, 3.63) is 0 Å². The van der Waals surface area contributed by atoms with E-state index in [0.717, 1.165) is 31.6 Å². The number of rotatable bonds is 8. The van der Waals surface area contributed by atoms with Crippen LogP contribution in [0.4, 0.5) is 4.79 Å². The summed E-state index contributed by atoms with van der Waals surface area (Å²) in [6.07, 6.45) is 3.62. The Morgan fingerprint density at radius 2 is 2.20 bits per heavy atom. The van der Waals surface area contributed by atoms with Gasteiger partial charge in [0.15, 0.2) is 0 Å². The zero-order valence-electron chi connectivity index (χ0n) is 11.9. The van der Waals surface area contributed by atoms with Gasteiger partial charge in [0.2, 0.25) is 5.91 Å². The minimum Gasteiger partial charge on any atom is -0.355 e.